The number of Topliss-reactive ketones (excluding diaryl/α,β-unsaturated/α-hetero) is 1. The van der Waals surface area contributed by atoms with Crippen LogP contribution in [0.3, 0.4) is 0 Å². The number of hydrogen-bond acceptors (Lipinski definition) is 9. The van der Waals surface area contributed by atoms with Crippen molar-refractivity contribution in [3.8, 4) is 0 Å². The van der Waals surface area contributed by atoms with E-state index in [0.29, 0.717) is 37.5 Å². The van der Waals surface area contributed by atoms with Gasteiger partial charge in [-0.15, -0.1) is 11.3 Å². The lowest BCUT2D eigenvalue weighted by Gasteiger charge is -2.42. The first kappa shape index (κ1) is 25.7. The van der Waals surface area contributed by atoms with Gasteiger partial charge in [-0.05, 0) is 43.0 Å². The van der Waals surface area contributed by atoms with E-state index in [1.165, 1.54) is 17.7 Å². The standard InChI is InChI=1S/C26H30ClN7O2S/c1-32-10-8-29-21(13-32)25(36)22-14-33(9-2-3-18-5-7-23(27)37-18)15-24(35)34(22)12-17-4-6-19-20(11-17)30-16-31-26(19)28/h2-7,11,16,21-22,29H,8-10,12-15H2,1H3,(H2,28,30,31). The van der Waals surface area contributed by atoms with E-state index in [-0.39, 0.29) is 24.3 Å². The smallest absolute Gasteiger partial charge is 0.237 e. The zero-order chi connectivity index (χ0) is 25.9. The lowest BCUT2D eigenvalue weighted by atomic mass is 9.98. The van der Waals surface area contributed by atoms with E-state index in [0.717, 1.165) is 33.3 Å². The predicted octanol–water partition coefficient (Wildman–Crippen LogP) is 2.13. The average molecular weight is 540 g/mol. The van der Waals surface area contributed by atoms with Gasteiger partial charge in [-0.25, -0.2) is 9.97 Å². The van der Waals surface area contributed by atoms with Crippen LogP contribution in [0.4, 0.5) is 5.82 Å². The molecule has 2 aromatic heterocycles. The van der Waals surface area contributed by atoms with Crippen LogP contribution < -0.4 is 11.1 Å². The van der Waals surface area contributed by atoms with Crippen LogP contribution in [-0.2, 0) is 16.1 Å². The number of thiophene rings is 1. The van der Waals surface area contributed by atoms with Gasteiger partial charge in [0.05, 0.1) is 22.4 Å². The number of anilines is 1. The molecule has 3 N–H and O–H groups in total. The van der Waals surface area contributed by atoms with E-state index in [9.17, 15) is 9.59 Å². The molecule has 2 aliphatic rings. The molecule has 0 radical (unpaired) electrons. The molecule has 1 aromatic carbocycles. The summed E-state index contributed by atoms with van der Waals surface area (Å²) in [5.41, 5.74) is 7.59. The van der Waals surface area contributed by atoms with Gasteiger partial charge in [0.1, 0.15) is 18.2 Å². The number of likely N-dealkylation sites (N-methyl/N-ethyl adjacent to an activating group) is 1. The van der Waals surface area contributed by atoms with Gasteiger partial charge < -0.3 is 20.9 Å². The summed E-state index contributed by atoms with van der Waals surface area (Å²) in [4.78, 5) is 42.5. The Hall–Kier alpha value is -2.89. The summed E-state index contributed by atoms with van der Waals surface area (Å²) in [7, 11) is 2.02. The molecule has 4 heterocycles. The van der Waals surface area contributed by atoms with Gasteiger partial charge in [0, 0.05) is 49.5 Å². The Labute approximate surface area is 224 Å². The molecule has 194 valence electrons. The summed E-state index contributed by atoms with van der Waals surface area (Å²) in [6, 6.07) is 8.67. The fourth-order valence-corrected chi connectivity index (χ4v) is 5.91. The quantitative estimate of drug-likeness (QED) is 0.470. The summed E-state index contributed by atoms with van der Waals surface area (Å²) >= 11 is 7.54. The number of rotatable bonds is 7. The maximum Gasteiger partial charge on any atom is 0.237 e. The number of hydrogen-bond donors (Lipinski definition) is 2. The Morgan fingerprint density at radius 3 is 2.92 bits per heavy atom. The highest BCUT2D eigenvalue weighted by Gasteiger charge is 2.40. The number of nitrogen functional groups attached to an aromatic ring is 1. The summed E-state index contributed by atoms with van der Waals surface area (Å²) in [5.74, 6) is 0.397. The number of nitrogens with zero attached hydrogens (tertiary/aromatic N) is 5. The van der Waals surface area contributed by atoms with Crippen molar-refractivity contribution in [2.75, 3.05) is 52.0 Å². The maximum atomic E-state index is 13.8. The molecule has 0 spiro atoms. The number of halogens is 1. The molecule has 9 nitrogen and oxygen atoms in total. The number of amides is 1. The van der Waals surface area contributed by atoms with Crippen molar-refractivity contribution in [1.29, 1.82) is 0 Å². The second kappa shape index (κ2) is 11.2. The van der Waals surface area contributed by atoms with Gasteiger partial charge >= 0.3 is 0 Å². The minimum absolute atomic E-state index is 0.0472. The van der Waals surface area contributed by atoms with Crippen molar-refractivity contribution < 1.29 is 9.59 Å². The third kappa shape index (κ3) is 6.00. The fraction of sp³-hybridized carbons (Fsp3) is 0.385. The van der Waals surface area contributed by atoms with Gasteiger partial charge in [-0.1, -0.05) is 23.7 Å². The largest absolute Gasteiger partial charge is 0.383 e. The second-order valence-electron chi connectivity index (χ2n) is 9.56. The van der Waals surface area contributed by atoms with Gasteiger partial charge in [-0.3, -0.25) is 14.5 Å². The molecule has 2 atom stereocenters. The topological polar surface area (TPSA) is 108 Å². The van der Waals surface area contributed by atoms with Crippen LogP contribution >= 0.6 is 22.9 Å². The highest BCUT2D eigenvalue weighted by atomic mass is 35.5. The molecule has 11 heteroatoms. The number of fused-ring (bicyclic) bond motifs is 1. The molecule has 0 saturated carbocycles. The van der Waals surface area contributed by atoms with Crippen LogP contribution in [-0.4, -0.2) is 94.8 Å². The summed E-state index contributed by atoms with van der Waals surface area (Å²) in [6.45, 7) is 3.89. The molecule has 2 unspecified atom stereocenters. The van der Waals surface area contributed by atoms with Crippen molar-refractivity contribution in [3.63, 3.8) is 0 Å². The first-order chi connectivity index (χ1) is 17.9. The minimum atomic E-state index is -0.555. The summed E-state index contributed by atoms with van der Waals surface area (Å²) < 4.78 is 0.738. The zero-order valence-corrected chi connectivity index (χ0v) is 22.2. The fourth-order valence-electron chi connectivity index (χ4n) is 4.92. The number of aromatic nitrogens is 2. The highest BCUT2D eigenvalue weighted by molar-refractivity contribution is 7.16. The Kier molecular flexibility index (Phi) is 7.82. The van der Waals surface area contributed by atoms with Gasteiger partial charge in [0.2, 0.25) is 5.91 Å². The number of carbonyl (C=O) groups is 2. The summed E-state index contributed by atoms with van der Waals surface area (Å²) in [6.07, 6.45) is 5.46. The van der Waals surface area contributed by atoms with E-state index in [2.05, 4.69) is 20.2 Å². The molecular weight excluding hydrogens is 510 g/mol. The van der Waals surface area contributed by atoms with Crippen molar-refractivity contribution in [3.05, 3.63) is 57.5 Å². The van der Waals surface area contributed by atoms with E-state index < -0.39 is 6.04 Å². The summed E-state index contributed by atoms with van der Waals surface area (Å²) in [5, 5.41) is 4.12. The first-order valence-corrected chi connectivity index (χ1v) is 13.5. The maximum absolute atomic E-state index is 13.8. The Morgan fingerprint density at radius 2 is 2.14 bits per heavy atom. The van der Waals surface area contributed by atoms with Crippen LogP contribution in [0, 0.1) is 0 Å². The molecule has 2 saturated heterocycles. The van der Waals surface area contributed by atoms with Crippen LogP contribution in [0.15, 0.2) is 42.7 Å². The van der Waals surface area contributed by atoms with Crippen molar-refractivity contribution in [1.82, 2.24) is 30.0 Å². The SMILES string of the molecule is CN1CCNC(C(=O)C2CN(CC=Cc3ccc(Cl)s3)CC(=O)N2Cc2ccc3c(N)ncnc3c2)C1. The van der Waals surface area contributed by atoms with E-state index in [1.807, 2.05) is 54.4 Å². The molecular formula is C26H30ClN7O2S. The zero-order valence-electron chi connectivity index (χ0n) is 20.6. The number of nitrogens with two attached hydrogens (primary N) is 1. The normalized spacial score (nSPS) is 21.8. The predicted molar refractivity (Wildman–Crippen MR) is 147 cm³/mol. The molecule has 37 heavy (non-hydrogen) atoms. The van der Waals surface area contributed by atoms with Crippen LogP contribution in [0.5, 0.6) is 0 Å². The lowest BCUT2D eigenvalue weighted by Crippen LogP contribution is -2.64. The lowest BCUT2D eigenvalue weighted by molar-refractivity contribution is -0.147. The number of piperazine rings is 2. The average Bonchev–Trinajstić information content (AvgIpc) is 3.30. The molecule has 1 amide bonds. The van der Waals surface area contributed by atoms with E-state index >= 15 is 0 Å². The second-order valence-corrected chi connectivity index (χ2v) is 11.3. The Bertz CT molecular complexity index is 1330. The van der Waals surface area contributed by atoms with Gasteiger partial charge in [-0.2, -0.15) is 0 Å². The third-order valence-corrected chi connectivity index (χ3v) is 8.06. The van der Waals surface area contributed by atoms with Crippen LogP contribution in [0.25, 0.3) is 17.0 Å². The van der Waals surface area contributed by atoms with Crippen LogP contribution in [0.1, 0.15) is 10.4 Å². The van der Waals surface area contributed by atoms with Gasteiger partial charge in [0.15, 0.2) is 5.78 Å². The molecule has 2 fully saturated rings. The highest BCUT2D eigenvalue weighted by Crippen LogP contribution is 2.24. The monoisotopic (exact) mass is 539 g/mol. The molecule has 3 aromatic rings. The van der Waals surface area contributed by atoms with E-state index in [1.54, 1.807) is 4.90 Å². The number of carbonyl (C=O) groups excluding carboxylic acids is 2. The third-order valence-electron chi connectivity index (χ3n) is 6.86. The number of benzene rings is 1. The first-order valence-electron chi connectivity index (χ1n) is 12.3. The number of ketones is 1. The van der Waals surface area contributed by atoms with E-state index in [4.69, 9.17) is 17.3 Å². The minimum Gasteiger partial charge on any atom is -0.383 e. The molecule has 2 aliphatic heterocycles. The molecule has 0 aliphatic carbocycles. The van der Waals surface area contributed by atoms with Crippen LogP contribution in [0.2, 0.25) is 4.34 Å². The van der Waals surface area contributed by atoms with Crippen molar-refractivity contribution in [2.45, 2.75) is 18.6 Å². The van der Waals surface area contributed by atoms with Gasteiger partial charge in [0.25, 0.3) is 0 Å². The molecule has 5 rings (SSSR count). The van der Waals surface area contributed by atoms with Crippen molar-refractivity contribution in [2.24, 2.45) is 0 Å². The Morgan fingerprint density at radius 1 is 1.27 bits per heavy atom. The Balaban J connectivity index is 1.36. The molecule has 0 bridgehead atoms. The number of nitrogens with one attached hydrogen (secondary N) is 1. The van der Waals surface area contributed by atoms with Crippen molar-refractivity contribution >= 4 is 57.4 Å².